The number of phenols is 1. The highest BCUT2D eigenvalue weighted by molar-refractivity contribution is 5.39. The molecular formula is C14H23NO3. The van der Waals surface area contributed by atoms with Crippen LogP contribution in [-0.4, -0.2) is 29.5 Å². The summed E-state index contributed by atoms with van der Waals surface area (Å²) in [5.41, 5.74) is 0.837. The third-order valence-electron chi connectivity index (χ3n) is 2.58. The Kier molecular flexibility index (Phi) is 6.54. The van der Waals surface area contributed by atoms with Crippen LogP contribution < -0.4 is 10.1 Å². The molecule has 1 rings (SSSR count). The minimum absolute atomic E-state index is 0.244. The first-order chi connectivity index (χ1) is 8.63. The number of benzene rings is 1. The SMILES string of the molecule is CCCOc1ccc(CNCCC(C)O)c(O)c1. The Morgan fingerprint density at radius 1 is 1.39 bits per heavy atom. The van der Waals surface area contributed by atoms with Crippen molar-refractivity contribution >= 4 is 0 Å². The lowest BCUT2D eigenvalue weighted by atomic mass is 10.2. The Hall–Kier alpha value is -1.26. The van der Waals surface area contributed by atoms with Crippen molar-refractivity contribution in [1.29, 1.82) is 0 Å². The van der Waals surface area contributed by atoms with Gasteiger partial charge in [-0.05, 0) is 32.4 Å². The third-order valence-corrected chi connectivity index (χ3v) is 2.58. The number of nitrogens with one attached hydrogen (secondary N) is 1. The summed E-state index contributed by atoms with van der Waals surface area (Å²) in [7, 11) is 0. The van der Waals surface area contributed by atoms with Crippen LogP contribution in [0, 0.1) is 0 Å². The highest BCUT2D eigenvalue weighted by Crippen LogP contribution is 2.23. The smallest absolute Gasteiger partial charge is 0.123 e. The monoisotopic (exact) mass is 253 g/mol. The molecular weight excluding hydrogens is 230 g/mol. The second-order valence-corrected chi connectivity index (χ2v) is 4.45. The van der Waals surface area contributed by atoms with Crippen LogP contribution in [0.15, 0.2) is 18.2 Å². The van der Waals surface area contributed by atoms with Gasteiger partial charge in [0.2, 0.25) is 0 Å². The standard InChI is InChI=1S/C14H23NO3/c1-3-8-18-13-5-4-12(14(17)9-13)10-15-7-6-11(2)16/h4-5,9,11,15-17H,3,6-8,10H2,1-2H3. The fraction of sp³-hybridized carbons (Fsp3) is 0.571. The van der Waals surface area contributed by atoms with E-state index in [2.05, 4.69) is 5.32 Å². The molecule has 0 saturated heterocycles. The topological polar surface area (TPSA) is 61.7 Å². The van der Waals surface area contributed by atoms with E-state index in [9.17, 15) is 5.11 Å². The highest BCUT2D eigenvalue weighted by atomic mass is 16.5. The molecule has 4 heteroatoms. The Labute approximate surface area is 109 Å². The fourth-order valence-corrected chi connectivity index (χ4v) is 1.54. The molecule has 0 spiro atoms. The van der Waals surface area contributed by atoms with Gasteiger partial charge in [0.1, 0.15) is 11.5 Å². The number of aliphatic hydroxyl groups is 1. The molecule has 0 aliphatic rings. The molecule has 1 atom stereocenters. The lowest BCUT2D eigenvalue weighted by molar-refractivity contribution is 0.183. The molecule has 1 aromatic rings. The van der Waals surface area contributed by atoms with Crippen LogP contribution in [0.3, 0.4) is 0 Å². The molecule has 102 valence electrons. The molecule has 1 aromatic carbocycles. The van der Waals surface area contributed by atoms with E-state index in [0.29, 0.717) is 25.3 Å². The molecule has 0 aliphatic heterocycles. The van der Waals surface area contributed by atoms with Gasteiger partial charge in [0.25, 0.3) is 0 Å². The lowest BCUT2D eigenvalue weighted by Crippen LogP contribution is -2.18. The number of rotatable bonds is 8. The Bertz CT molecular complexity index is 353. The molecule has 4 nitrogen and oxygen atoms in total. The van der Waals surface area contributed by atoms with Crippen LogP contribution in [0.4, 0.5) is 0 Å². The number of phenolic OH excluding ortho intramolecular Hbond substituents is 1. The van der Waals surface area contributed by atoms with Crippen molar-refractivity contribution < 1.29 is 14.9 Å². The first kappa shape index (κ1) is 14.8. The van der Waals surface area contributed by atoms with E-state index in [1.165, 1.54) is 0 Å². The van der Waals surface area contributed by atoms with Crippen LogP contribution in [-0.2, 0) is 6.54 Å². The fourth-order valence-electron chi connectivity index (χ4n) is 1.54. The number of hydrogen-bond donors (Lipinski definition) is 3. The Balaban J connectivity index is 2.42. The number of aliphatic hydroxyl groups excluding tert-OH is 1. The average molecular weight is 253 g/mol. The summed E-state index contributed by atoms with van der Waals surface area (Å²) in [6.45, 7) is 5.78. The molecule has 18 heavy (non-hydrogen) atoms. The predicted octanol–water partition coefficient (Wildman–Crippen LogP) is 2.04. The van der Waals surface area contributed by atoms with Gasteiger partial charge in [0, 0.05) is 18.2 Å². The van der Waals surface area contributed by atoms with Crippen molar-refractivity contribution in [3.8, 4) is 11.5 Å². The first-order valence-corrected chi connectivity index (χ1v) is 6.47. The van der Waals surface area contributed by atoms with Gasteiger partial charge in [-0.25, -0.2) is 0 Å². The minimum Gasteiger partial charge on any atom is -0.507 e. The van der Waals surface area contributed by atoms with E-state index in [-0.39, 0.29) is 11.9 Å². The zero-order valence-corrected chi connectivity index (χ0v) is 11.1. The van der Waals surface area contributed by atoms with E-state index >= 15 is 0 Å². The Morgan fingerprint density at radius 3 is 2.78 bits per heavy atom. The summed E-state index contributed by atoms with van der Waals surface area (Å²) in [5.74, 6) is 0.940. The molecule has 0 bridgehead atoms. The first-order valence-electron chi connectivity index (χ1n) is 6.47. The third kappa shape index (κ3) is 5.38. The predicted molar refractivity (Wildman–Crippen MR) is 71.9 cm³/mol. The molecule has 0 saturated carbocycles. The van der Waals surface area contributed by atoms with Crippen molar-refractivity contribution in [3.05, 3.63) is 23.8 Å². The zero-order chi connectivity index (χ0) is 13.4. The average Bonchev–Trinajstić information content (AvgIpc) is 2.33. The van der Waals surface area contributed by atoms with Gasteiger partial charge < -0.3 is 20.3 Å². The van der Waals surface area contributed by atoms with Crippen LogP contribution in [0.5, 0.6) is 11.5 Å². The van der Waals surface area contributed by atoms with Crippen LogP contribution in [0.1, 0.15) is 32.3 Å². The lowest BCUT2D eigenvalue weighted by Gasteiger charge is -2.10. The summed E-state index contributed by atoms with van der Waals surface area (Å²) < 4.78 is 5.43. The quantitative estimate of drug-likeness (QED) is 0.620. The van der Waals surface area contributed by atoms with Gasteiger partial charge in [-0.1, -0.05) is 13.0 Å². The maximum absolute atomic E-state index is 9.83. The van der Waals surface area contributed by atoms with Crippen LogP contribution in [0.25, 0.3) is 0 Å². The van der Waals surface area contributed by atoms with Crippen LogP contribution in [0.2, 0.25) is 0 Å². The van der Waals surface area contributed by atoms with E-state index in [1.54, 1.807) is 13.0 Å². The summed E-state index contributed by atoms with van der Waals surface area (Å²) >= 11 is 0. The number of hydrogen-bond acceptors (Lipinski definition) is 4. The summed E-state index contributed by atoms with van der Waals surface area (Å²) in [5, 5.41) is 22.1. The van der Waals surface area contributed by atoms with Crippen LogP contribution >= 0.6 is 0 Å². The van der Waals surface area contributed by atoms with E-state index in [0.717, 1.165) is 18.5 Å². The van der Waals surface area contributed by atoms with Gasteiger partial charge in [-0.3, -0.25) is 0 Å². The van der Waals surface area contributed by atoms with Crippen molar-refractivity contribution in [2.75, 3.05) is 13.2 Å². The van der Waals surface area contributed by atoms with Gasteiger partial charge >= 0.3 is 0 Å². The summed E-state index contributed by atoms with van der Waals surface area (Å²) in [6, 6.07) is 5.36. The maximum atomic E-state index is 9.83. The van der Waals surface area contributed by atoms with E-state index < -0.39 is 0 Å². The molecule has 0 aromatic heterocycles. The second kappa shape index (κ2) is 7.95. The van der Waals surface area contributed by atoms with Crippen molar-refractivity contribution in [1.82, 2.24) is 5.32 Å². The van der Waals surface area contributed by atoms with Crippen molar-refractivity contribution in [3.63, 3.8) is 0 Å². The summed E-state index contributed by atoms with van der Waals surface area (Å²) in [6.07, 6.45) is 1.36. The van der Waals surface area contributed by atoms with Gasteiger partial charge in [0.05, 0.1) is 12.7 Å². The molecule has 0 fully saturated rings. The normalized spacial score (nSPS) is 12.4. The van der Waals surface area contributed by atoms with Crippen molar-refractivity contribution in [2.24, 2.45) is 0 Å². The second-order valence-electron chi connectivity index (χ2n) is 4.45. The van der Waals surface area contributed by atoms with E-state index in [1.807, 2.05) is 19.1 Å². The zero-order valence-electron chi connectivity index (χ0n) is 11.1. The number of ether oxygens (including phenoxy) is 1. The largest absolute Gasteiger partial charge is 0.507 e. The molecule has 3 N–H and O–H groups in total. The minimum atomic E-state index is -0.295. The van der Waals surface area contributed by atoms with Gasteiger partial charge in [0.15, 0.2) is 0 Å². The molecule has 0 radical (unpaired) electrons. The number of aromatic hydroxyl groups is 1. The molecule has 0 aliphatic carbocycles. The molecule has 0 heterocycles. The summed E-state index contributed by atoms with van der Waals surface area (Å²) in [4.78, 5) is 0. The molecule has 0 amide bonds. The maximum Gasteiger partial charge on any atom is 0.123 e. The molecule has 1 unspecified atom stereocenters. The van der Waals surface area contributed by atoms with Gasteiger partial charge in [-0.2, -0.15) is 0 Å². The van der Waals surface area contributed by atoms with Crippen molar-refractivity contribution in [2.45, 2.75) is 39.3 Å². The Morgan fingerprint density at radius 2 is 2.17 bits per heavy atom. The van der Waals surface area contributed by atoms with E-state index in [4.69, 9.17) is 9.84 Å². The van der Waals surface area contributed by atoms with Gasteiger partial charge in [-0.15, -0.1) is 0 Å². The highest BCUT2D eigenvalue weighted by Gasteiger charge is 2.03.